The van der Waals surface area contributed by atoms with Crippen molar-refractivity contribution in [3.8, 4) is 0 Å². The second-order valence-corrected chi connectivity index (χ2v) is 4.69. The molecular formula is C7H7ClN2O4S. The Morgan fingerprint density at radius 3 is 2.47 bits per heavy atom. The van der Waals surface area contributed by atoms with Gasteiger partial charge in [0.2, 0.25) is 0 Å². The molecule has 0 saturated carbocycles. The van der Waals surface area contributed by atoms with Crippen LogP contribution < -0.4 is 10.7 Å². The molecule has 0 saturated heterocycles. The normalized spacial score (nSPS) is 11.3. The van der Waals surface area contributed by atoms with Gasteiger partial charge in [-0.3, -0.25) is 5.84 Å². The van der Waals surface area contributed by atoms with Crippen LogP contribution in [-0.2, 0) is 10.0 Å². The zero-order chi connectivity index (χ0) is 11.6. The van der Waals surface area contributed by atoms with Crippen LogP contribution in [0, 0.1) is 0 Å². The van der Waals surface area contributed by atoms with Crippen LogP contribution in [0.1, 0.15) is 10.4 Å². The number of hydrogen-bond donors (Lipinski definition) is 3. The van der Waals surface area contributed by atoms with Crippen LogP contribution in [0.2, 0.25) is 5.02 Å². The maximum atomic E-state index is 11.2. The molecule has 0 radical (unpaired) electrons. The van der Waals surface area contributed by atoms with E-state index < -0.39 is 16.0 Å². The minimum absolute atomic E-state index is 0.168. The molecule has 0 aliphatic heterocycles. The topological polar surface area (TPSA) is 109 Å². The van der Waals surface area contributed by atoms with Crippen molar-refractivity contribution in [1.29, 1.82) is 0 Å². The van der Waals surface area contributed by atoms with Crippen molar-refractivity contribution in [2.24, 2.45) is 5.84 Å². The average molecular weight is 251 g/mol. The van der Waals surface area contributed by atoms with Crippen molar-refractivity contribution < 1.29 is 18.3 Å². The van der Waals surface area contributed by atoms with Crippen LogP contribution in [0.15, 0.2) is 23.1 Å². The minimum atomic E-state index is -3.81. The van der Waals surface area contributed by atoms with Crippen LogP contribution in [0.4, 0.5) is 0 Å². The Bertz CT molecular complexity index is 500. The first kappa shape index (κ1) is 11.9. The lowest BCUT2D eigenvalue weighted by molar-refractivity contribution is 0.0697. The highest BCUT2D eigenvalue weighted by atomic mass is 35.5. The molecule has 8 heteroatoms. The summed E-state index contributed by atoms with van der Waals surface area (Å²) in [5.41, 5.74) is -0.173. The van der Waals surface area contributed by atoms with Crippen molar-refractivity contribution in [2.75, 3.05) is 0 Å². The maximum Gasteiger partial charge on any atom is 0.337 e. The summed E-state index contributed by atoms with van der Waals surface area (Å²) < 4.78 is 22.4. The highest BCUT2D eigenvalue weighted by Crippen LogP contribution is 2.20. The summed E-state index contributed by atoms with van der Waals surface area (Å²) in [6.07, 6.45) is 0. The molecule has 6 nitrogen and oxygen atoms in total. The fourth-order valence-electron chi connectivity index (χ4n) is 0.904. The molecule has 0 atom stereocenters. The Morgan fingerprint density at radius 2 is 2.07 bits per heavy atom. The Morgan fingerprint density at radius 1 is 1.47 bits per heavy atom. The third-order valence-corrected chi connectivity index (χ3v) is 3.13. The van der Waals surface area contributed by atoms with Crippen molar-refractivity contribution in [2.45, 2.75) is 4.90 Å². The fourth-order valence-corrected chi connectivity index (χ4v) is 1.89. The molecule has 0 spiro atoms. The summed E-state index contributed by atoms with van der Waals surface area (Å²) in [5.74, 6) is 3.56. The number of nitrogens with one attached hydrogen (secondary N) is 1. The first-order valence-corrected chi connectivity index (χ1v) is 5.50. The zero-order valence-electron chi connectivity index (χ0n) is 7.27. The van der Waals surface area contributed by atoms with E-state index in [1.165, 1.54) is 0 Å². The Hall–Kier alpha value is -1.15. The summed E-state index contributed by atoms with van der Waals surface area (Å²) in [6, 6.07) is 3.21. The van der Waals surface area contributed by atoms with Crippen molar-refractivity contribution in [3.63, 3.8) is 0 Å². The lowest BCUT2D eigenvalue weighted by Gasteiger charge is -2.04. The van der Waals surface area contributed by atoms with E-state index in [9.17, 15) is 13.2 Å². The number of halogens is 1. The average Bonchev–Trinajstić information content (AvgIpc) is 2.17. The van der Waals surface area contributed by atoms with Gasteiger partial charge < -0.3 is 5.11 Å². The fraction of sp³-hybridized carbons (Fsp3) is 0. The third kappa shape index (κ3) is 2.45. The van der Waals surface area contributed by atoms with Crippen molar-refractivity contribution in [1.82, 2.24) is 4.83 Å². The summed E-state index contributed by atoms with van der Waals surface area (Å²) >= 11 is 5.57. The number of aromatic carboxylic acids is 1. The number of benzene rings is 1. The van der Waals surface area contributed by atoms with E-state index in [4.69, 9.17) is 22.6 Å². The first-order valence-electron chi connectivity index (χ1n) is 3.64. The third-order valence-electron chi connectivity index (χ3n) is 1.64. The molecule has 0 aromatic heterocycles. The number of carbonyl (C=O) groups is 1. The highest BCUT2D eigenvalue weighted by molar-refractivity contribution is 7.89. The van der Waals surface area contributed by atoms with Crippen LogP contribution in [-0.4, -0.2) is 19.5 Å². The predicted molar refractivity (Wildman–Crippen MR) is 52.9 cm³/mol. The van der Waals surface area contributed by atoms with E-state index in [1.54, 1.807) is 4.83 Å². The molecule has 1 aromatic carbocycles. The van der Waals surface area contributed by atoms with Crippen LogP contribution in [0.25, 0.3) is 0 Å². The molecule has 4 N–H and O–H groups in total. The zero-order valence-corrected chi connectivity index (χ0v) is 8.84. The number of carboxylic acid groups (broad SMARTS) is 1. The molecule has 0 bridgehead atoms. The summed E-state index contributed by atoms with van der Waals surface area (Å²) in [4.78, 5) is 12.0. The number of hydrazine groups is 1. The highest BCUT2D eigenvalue weighted by Gasteiger charge is 2.15. The SMILES string of the molecule is NNS(=O)(=O)c1ccc(C(=O)O)c(Cl)c1. The number of carboxylic acids is 1. The van der Waals surface area contributed by atoms with Crippen LogP contribution in [0.5, 0.6) is 0 Å². The van der Waals surface area contributed by atoms with Gasteiger partial charge in [-0.15, -0.1) is 0 Å². The minimum Gasteiger partial charge on any atom is -0.478 e. The van der Waals surface area contributed by atoms with Gasteiger partial charge in [0.25, 0.3) is 10.0 Å². The predicted octanol–water partition coefficient (Wildman–Crippen LogP) is 0.190. The number of nitrogens with two attached hydrogens (primary N) is 1. The number of rotatable bonds is 3. The quantitative estimate of drug-likeness (QED) is 0.524. The van der Waals surface area contributed by atoms with Gasteiger partial charge in [-0.1, -0.05) is 11.6 Å². The Labute approximate surface area is 90.7 Å². The monoisotopic (exact) mass is 250 g/mol. The van der Waals surface area contributed by atoms with Gasteiger partial charge in [-0.25, -0.2) is 13.2 Å². The summed E-state index contributed by atoms with van der Waals surface area (Å²) in [7, 11) is -3.81. The van der Waals surface area contributed by atoms with Crippen molar-refractivity contribution >= 4 is 27.6 Å². The summed E-state index contributed by atoms with van der Waals surface area (Å²) in [5, 5.41) is 8.47. The van der Waals surface area contributed by atoms with Gasteiger partial charge in [0.15, 0.2) is 0 Å². The van der Waals surface area contributed by atoms with Crippen molar-refractivity contribution in [3.05, 3.63) is 28.8 Å². The lowest BCUT2D eigenvalue weighted by atomic mass is 10.2. The molecular weight excluding hydrogens is 244 g/mol. The Balaban J connectivity index is 3.30. The van der Waals surface area contributed by atoms with E-state index >= 15 is 0 Å². The lowest BCUT2D eigenvalue weighted by Crippen LogP contribution is -2.30. The molecule has 0 heterocycles. The molecule has 0 aliphatic carbocycles. The van der Waals surface area contributed by atoms with Gasteiger partial charge in [0.05, 0.1) is 15.5 Å². The summed E-state index contributed by atoms with van der Waals surface area (Å²) in [6.45, 7) is 0. The van der Waals surface area contributed by atoms with Gasteiger partial charge in [0, 0.05) is 0 Å². The van der Waals surface area contributed by atoms with Gasteiger partial charge in [-0.05, 0) is 18.2 Å². The second kappa shape index (κ2) is 4.15. The molecule has 82 valence electrons. The van der Waals surface area contributed by atoms with E-state index in [0.717, 1.165) is 18.2 Å². The van der Waals surface area contributed by atoms with Crippen LogP contribution in [0.3, 0.4) is 0 Å². The maximum absolute atomic E-state index is 11.2. The van der Waals surface area contributed by atoms with E-state index in [0.29, 0.717) is 0 Å². The molecule has 1 rings (SSSR count). The van der Waals surface area contributed by atoms with Gasteiger partial charge >= 0.3 is 5.97 Å². The van der Waals surface area contributed by atoms with Crippen LogP contribution >= 0.6 is 11.6 Å². The van der Waals surface area contributed by atoms with Gasteiger partial charge in [0.1, 0.15) is 0 Å². The van der Waals surface area contributed by atoms with E-state index in [-0.39, 0.29) is 15.5 Å². The molecule has 1 aromatic rings. The molecule has 0 unspecified atom stereocenters. The van der Waals surface area contributed by atoms with Gasteiger partial charge in [-0.2, -0.15) is 4.83 Å². The first-order chi connectivity index (χ1) is 6.88. The largest absolute Gasteiger partial charge is 0.478 e. The van der Waals surface area contributed by atoms with E-state index in [1.807, 2.05) is 0 Å². The Kier molecular flexibility index (Phi) is 3.30. The second-order valence-electron chi connectivity index (χ2n) is 2.57. The molecule has 0 amide bonds. The smallest absolute Gasteiger partial charge is 0.337 e. The standard InChI is InChI=1S/C7H7ClN2O4S/c8-6-3-4(15(13,14)10-9)1-2-5(6)7(11)12/h1-3,10H,9H2,(H,11,12). The number of sulfonamides is 1. The molecule has 0 fully saturated rings. The molecule has 15 heavy (non-hydrogen) atoms. The number of hydrogen-bond acceptors (Lipinski definition) is 4. The van der Waals surface area contributed by atoms with E-state index in [2.05, 4.69) is 0 Å². The molecule has 0 aliphatic rings.